The summed E-state index contributed by atoms with van der Waals surface area (Å²) in [6, 6.07) is 0. The summed E-state index contributed by atoms with van der Waals surface area (Å²) in [5.74, 6) is 0. The molecule has 1 N–H and O–H groups in total. The highest BCUT2D eigenvalue weighted by Crippen LogP contribution is 2.25. The molecule has 2 heteroatoms. The molecule has 1 aliphatic rings. The van der Waals surface area contributed by atoms with E-state index in [4.69, 9.17) is 0 Å². The molecule has 8 heavy (non-hydrogen) atoms. The van der Waals surface area contributed by atoms with Crippen molar-refractivity contribution in [2.24, 2.45) is 5.41 Å². The summed E-state index contributed by atoms with van der Waals surface area (Å²) in [6.45, 7) is 5.23. The van der Waals surface area contributed by atoms with Crippen molar-refractivity contribution in [1.29, 1.82) is 0 Å². The molecule has 1 rings (SSSR count). The summed E-state index contributed by atoms with van der Waals surface area (Å²) in [7, 11) is 0. The molecule has 0 aliphatic carbocycles. The second-order valence-electron chi connectivity index (χ2n) is 3.09. The van der Waals surface area contributed by atoms with Gasteiger partial charge in [-0.2, -0.15) is 0 Å². The Bertz CT molecular complexity index is 90.5. The summed E-state index contributed by atoms with van der Waals surface area (Å²) < 4.78 is 12.6. The molecule has 1 atom stereocenters. The quantitative estimate of drug-likeness (QED) is 0.498. The molecule has 1 fully saturated rings. The van der Waals surface area contributed by atoms with E-state index in [1.807, 2.05) is 13.8 Å². The van der Waals surface area contributed by atoms with Crippen molar-refractivity contribution in [3.63, 3.8) is 0 Å². The molecule has 0 aromatic heterocycles. The second kappa shape index (κ2) is 1.69. The van der Waals surface area contributed by atoms with Gasteiger partial charge in [-0.3, -0.25) is 0 Å². The molecule has 48 valence electrons. The van der Waals surface area contributed by atoms with E-state index < -0.39 is 6.17 Å². The Morgan fingerprint density at radius 3 is 2.38 bits per heavy atom. The van der Waals surface area contributed by atoms with Gasteiger partial charge in [0.05, 0.1) is 0 Å². The summed E-state index contributed by atoms with van der Waals surface area (Å²) in [5.41, 5.74) is -0.125. The summed E-state index contributed by atoms with van der Waals surface area (Å²) in [5, 5.41) is 2.99. The molecule has 0 aromatic carbocycles. The van der Waals surface area contributed by atoms with Gasteiger partial charge in [-0.1, -0.05) is 13.8 Å². The van der Waals surface area contributed by atoms with Crippen LogP contribution < -0.4 is 5.32 Å². The Kier molecular flexibility index (Phi) is 1.27. The van der Waals surface area contributed by atoms with Crippen LogP contribution in [0.5, 0.6) is 0 Å². The third-order valence-corrected chi connectivity index (χ3v) is 1.75. The molecule has 1 saturated heterocycles. The van der Waals surface area contributed by atoms with E-state index in [9.17, 15) is 4.39 Å². The van der Waals surface area contributed by atoms with Crippen LogP contribution in [0.25, 0.3) is 0 Å². The highest BCUT2D eigenvalue weighted by Gasteiger charge is 2.33. The van der Waals surface area contributed by atoms with Gasteiger partial charge in [0.25, 0.3) is 0 Å². The van der Waals surface area contributed by atoms with Gasteiger partial charge in [-0.15, -0.1) is 0 Å². The summed E-state index contributed by atoms with van der Waals surface area (Å²) >= 11 is 0. The monoisotopic (exact) mass is 117 g/mol. The maximum Gasteiger partial charge on any atom is 0.119 e. The lowest BCUT2D eigenvalue weighted by molar-refractivity contribution is 0.203. The van der Waals surface area contributed by atoms with Crippen LogP contribution in [0.4, 0.5) is 4.39 Å². The SMILES string of the molecule is CC1(C)CNC[C@@H]1F. The molecule has 0 saturated carbocycles. The van der Waals surface area contributed by atoms with Gasteiger partial charge in [0.15, 0.2) is 0 Å². The van der Waals surface area contributed by atoms with Crippen LogP contribution in [0.1, 0.15) is 13.8 Å². The largest absolute Gasteiger partial charge is 0.313 e. The van der Waals surface area contributed by atoms with Crippen molar-refractivity contribution < 1.29 is 4.39 Å². The smallest absolute Gasteiger partial charge is 0.119 e. The van der Waals surface area contributed by atoms with E-state index in [2.05, 4.69) is 5.32 Å². The first kappa shape index (κ1) is 6.02. The molecular weight excluding hydrogens is 105 g/mol. The lowest BCUT2D eigenvalue weighted by Crippen LogP contribution is -2.22. The van der Waals surface area contributed by atoms with Gasteiger partial charge in [0.2, 0.25) is 0 Å². The molecule has 1 aliphatic heterocycles. The van der Waals surface area contributed by atoms with E-state index in [0.29, 0.717) is 6.54 Å². The predicted molar refractivity (Wildman–Crippen MR) is 31.5 cm³/mol. The van der Waals surface area contributed by atoms with E-state index in [-0.39, 0.29) is 5.41 Å². The minimum absolute atomic E-state index is 0.125. The summed E-state index contributed by atoms with van der Waals surface area (Å²) in [6.07, 6.45) is -0.650. The molecule has 0 amide bonds. The van der Waals surface area contributed by atoms with E-state index in [0.717, 1.165) is 6.54 Å². The number of halogens is 1. The van der Waals surface area contributed by atoms with Crippen molar-refractivity contribution in [3.05, 3.63) is 0 Å². The maximum absolute atomic E-state index is 12.6. The van der Waals surface area contributed by atoms with Crippen LogP contribution in [-0.2, 0) is 0 Å². The first-order chi connectivity index (χ1) is 3.63. The Hall–Kier alpha value is -0.110. The van der Waals surface area contributed by atoms with Gasteiger partial charge >= 0.3 is 0 Å². The van der Waals surface area contributed by atoms with E-state index in [1.165, 1.54) is 0 Å². The van der Waals surface area contributed by atoms with Crippen LogP contribution in [0, 0.1) is 5.41 Å². The highest BCUT2D eigenvalue weighted by molar-refractivity contribution is 4.88. The molecule has 0 bridgehead atoms. The molecule has 1 nitrogen and oxygen atoms in total. The van der Waals surface area contributed by atoms with Gasteiger partial charge in [0.1, 0.15) is 6.17 Å². The molecule has 0 radical (unpaired) electrons. The predicted octanol–water partition coefficient (Wildman–Crippen LogP) is 0.954. The average Bonchev–Trinajstić information content (AvgIpc) is 1.86. The van der Waals surface area contributed by atoms with Gasteiger partial charge in [0, 0.05) is 18.5 Å². The van der Waals surface area contributed by atoms with Crippen molar-refractivity contribution >= 4 is 0 Å². The zero-order valence-electron chi connectivity index (χ0n) is 5.37. The number of alkyl halides is 1. The minimum atomic E-state index is -0.650. The third-order valence-electron chi connectivity index (χ3n) is 1.75. The van der Waals surface area contributed by atoms with Gasteiger partial charge in [-0.25, -0.2) is 4.39 Å². The highest BCUT2D eigenvalue weighted by atomic mass is 19.1. The van der Waals surface area contributed by atoms with Crippen molar-refractivity contribution in [2.75, 3.05) is 13.1 Å². The topological polar surface area (TPSA) is 12.0 Å². The number of hydrogen-bond acceptors (Lipinski definition) is 1. The van der Waals surface area contributed by atoms with E-state index in [1.54, 1.807) is 0 Å². The lowest BCUT2D eigenvalue weighted by Gasteiger charge is -2.17. The van der Waals surface area contributed by atoms with Crippen LogP contribution in [0.15, 0.2) is 0 Å². The van der Waals surface area contributed by atoms with Crippen molar-refractivity contribution in [2.45, 2.75) is 20.0 Å². The average molecular weight is 117 g/mol. The van der Waals surface area contributed by atoms with Crippen LogP contribution >= 0.6 is 0 Å². The molecular formula is C6H12FN. The first-order valence-corrected chi connectivity index (χ1v) is 2.98. The Morgan fingerprint density at radius 2 is 2.25 bits per heavy atom. The van der Waals surface area contributed by atoms with Crippen molar-refractivity contribution in [1.82, 2.24) is 5.32 Å². The Balaban J connectivity index is 2.54. The van der Waals surface area contributed by atoms with E-state index >= 15 is 0 Å². The minimum Gasteiger partial charge on any atom is -0.313 e. The van der Waals surface area contributed by atoms with Gasteiger partial charge < -0.3 is 5.32 Å². The summed E-state index contributed by atoms with van der Waals surface area (Å²) in [4.78, 5) is 0. The standard InChI is InChI=1S/C6H12FN/c1-6(2)4-8-3-5(6)7/h5,8H,3-4H2,1-2H3/t5-/m0/s1. The third kappa shape index (κ3) is 0.848. The zero-order valence-corrected chi connectivity index (χ0v) is 5.37. The van der Waals surface area contributed by atoms with Gasteiger partial charge in [-0.05, 0) is 0 Å². The fraction of sp³-hybridized carbons (Fsp3) is 1.00. The first-order valence-electron chi connectivity index (χ1n) is 2.98. The van der Waals surface area contributed by atoms with Crippen LogP contribution in [0.3, 0.4) is 0 Å². The fourth-order valence-corrected chi connectivity index (χ4v) is 0.908. The molecule has 0 aromatic rings. The lowest BCUT2D eigenvalue weighted by atomic mass is 9.91. The zero-order chi connectivity index (χ0) is 6.20. The number of rotatable bonds is 0. The molecule has 0 spiro atoms. The number of nitrogens with one attached hydrogen (secondary N) is 1. The van der Waals surface area contributed by atoms with Crippen LogP contribution in [-0.4, -0.2) is 19.3 Å². The number of hydrogen-bond donors (Lipinski definition) is 1. The normalized spacial score (nSPS) is 35.6. The van der Waals surface area contributed by atoms with Crippen LogP contribution in [0.2, 0.25) is 0 Å². The molecule has 0 unspecified atom stereocenters. The fourth-order valence-electron chi connectivity index (χ4n) is 0.908. The van der Waals surface area contributed by atoms with Crippen molar-refractivity contribution in [3.8, 4) is 0 Å². The molecule has 1 heterocycles. The second-order valence-corrected chi connectivity index (χ2v) is 3.09. The Morgan fingerprint density at radius 1 is 1.62 bits per heavy atom. The Labute approximate surface area is 49.3 Å². The maximum atomic E-state index is 12.6.